The lowest BCUT2D eigenvalue weighted by Crippen LogP contribution is -2.45. The Kier molecular flexibility index (Phi) is 3.59. The number of nitrogens with one attached hydrogen (secondary N) is 1. The van der Waals surface area contributed by atoms with Gasteiger partial charge in [0.1, 0.15) is 0 Å². The van der Waals surface area contributed by atoms with Crippen LogP contribution in [0.25, 0.3) is 10.9 Å². The SMILES string of the molecule is C[C@H](C(=O)c1c[nH]c2ccccc12)N1CCC(O)CC1. The summed E-state index contributed by atoms with van der Waals surface area (Å²) in [7, 11) is 0. The number of aliphatic hydroxyl groups is 1. The average Bonchev–Trinajstić information content (AvgIpc) is 2.90. The fourth-order valence-corrected chi connectivity index (χ4v) is 2.94. The maximum Gasteiger partial charge on any atom is 0.181 e. The van der Waals surface area contributed by atoms with Crippen molar-refractivity contribution in [3.05, 3.63) is 36.0 Å². The molecule has 106 valence electrons. The molecule has 0 unspecified atom stereocenters. The monoisotopic (exact) mass is 272 g/mol. The van der Waals surface area contributed by atoms with Crippen LogP contribution in [0, 0.1) is 0 Å². The lowest BCUT2D eigenvalue weighted by molar-refractivity contribution is 0.0550. The van der Waals surface area contributed by atoms with E-state index in [0.717, 1.165) is 42.4 Å². The van der Waals surface area contributed by atoms with Gasteiger partial charge in [0.25, 0.3) is 0 Å². The average molecular weight is 272 g/mol. The Labute approximate surface area is 118 Å². The van der Waals surface area contributed by atoms with Crippen molar-refractivity contribution >= 4 is 16.7 Å². The molecular formula is C16H20N2O2. The second kappa shape index (κ2) is 5.38. The van der Waals surface area contributed by atoms with Crippen molar-refractivity contribution in [3.8, 4) is 0 Å². The molecule has 1 aliphatic heterocycles. The molecule has 4 nitrogen and oxygen atoms in total. The summed E-state index contributed by atoms with van der Waals surface area (Å²) in [5, 5.41) is 10.5. The van der Waals surface area contributed by atoms with E-state index in [2.05, 4.69) is 9.88 Å². The van der Waals surface area contributed by atoms with Crippen LogP contribution in [0.2, 0.25) is 0 Å². The van der Waals surface area contributed by atoms with E-state index < -0.39 is 0 Å². The van der Waals surface area contributed by atoms with E-state index in [1.54, 1.807) is 0 Å². The van der Waals surface area contributed by atoms with Crippen LogP contribution < -0.4 is 0 Å². The minimum Gasteiger partial charge on any atom is -0.393 e. The molecule has 0 bridgehead atoms. The van der Waals surface area contributed by atoms with Crippen LogP contribution in [0.3, 0.4) is 0 Å². The number of rotatable bonds is 3. The zero-order valence-corrected chi connectivity index (χ0v) is 11.7. The van der Waals surface area contributed by atoms with Crippen LogP contribution in [-0.2, 0) is 0 Å². The number of aromatic nitrogens is 1. The number of benzene rings is 1. The summed E-state index contributed by atoms with van der Waals surface area (Å²) >= 11 is 0. The van der Waals surface area contributed by atoms with Crippen molar-refractivity contribution in [1.29, 1.82) is 0 Å². The molecule has 1 saturated heterocycles. The first kappa shape index (κ1) is 13.3. The highest BCUT2D eigenvalue weighted by atomic mass is 16.3. The fraction of sp³-hybridized carbons (Fsp3) is 0.438. The van der Waals surface area contributed by atoms with Gasteiger partial charge in [0, 0.05) is 35.8 Å². The first-order valence-electron chi connectivity index (χ1n) is 7.19. The number of piperidine rings is 1. The Morgan fingerprint density at radius 2 is 2.05 bits per heavy atom. The van der Waals surface area contributed by atoms with Gasteiger partial charge in [-0.1, -0.05) is 18.2 Å². The van der Waals surface area contributed by atoms with Gasteiger partial charge in [-0.15, -0.1) is 0 Å². The van der Waals surface area contributed by atoms with E-state index in [4.69, 9.17) is 0 Å². The number of para-hydroxylation sites is 1. The summed E-state index contributed by atoms with van der Waals surface area (Å²) in [5.41, 5.74) is 1.76. The number of nitrogens with zero attached hydrogens (tertiary/aromatic N) is 1. The van der Waals surface area contributed by atoms with Crippen molar-refractivity contribution in [1.82, 2.24) is 9.88 Å². The Morgan fingerprint density at radius 3 is 2.80 bits per heavy atom. The van der Waals surface area contributed by atoms with Crippen molar-refractivity contribution < 1.29 is 9.90 Å². The molecule has 1 fully saturated rings. The number of hydrogen-bond acceptors (Lipinski definition) is 3. The molecule has 20 heavy (non-hydrogen) atoms. The number of ketones is 1. The minimum absolute atomic E-state index is 0.137. The van der Waals surface area contributed by atoms with Gasteiger partial charge in [-0.2, -0.15) is 0 Å². The van der Waals surface area contributed by atoms with Gasteiger partial charge in [-0.3, -0.25) is 9.69 Å². The van der Waals surface area contributed by atoms with Crippen LogP contribution in [0.4, 0.5) is 0 Å². The third kappa shape index (κ3) is 2.37. The van der Waals surface area contributed by atoms with Gasteiger partial charge in [0.05, 0.1) is 12.1 Å². The Morgan fingerprint density at radius 1 is 1.35 bits per heavy atom. The lowest BCUT2D eigenvalue weighted by atomic mass is 10.00. The maximum atomic E-state index is 12.7. The molecule has 0 radical (unpaired) electrons. The fourth-order valence-electron chi connectivity index (χ4n) is 2.94. The topological polar surface area (TPSA) is 56.3 Å². The molecule has 1 aromatic heterocycles. The smallest absolute Gasteiger partial charge is 0.181 e. The molecule has 2 N–H and O–H groups in total. The largest absolute Gasteiger partial charge is 0.393 e. The van der Waals surface area contributed by atoms with Crippen LogP contribution >= 0.6 is 0 Å². The molecule has 1 aliphatic rings. The van der Waals surface area contributed by atoms with Crippen molar-refractivity contribution in [2.24, 2.45) is 0 Å². The molecule has 0 spiro atoms. The predicted octanol–water partition coefficient (Wildman–Crippen LogP) is 2.20. The number of carbonyl (C=O) groups excluding carboxylic acids is 1. The van der Waals surface area contributed by atoms with Crippen molar-refractivity contribution in [3.63, 3.8) is 0 Å². The van der Waals surface area contributed by atoms with Gasteiger partial charge in [0.2, 0.25) is 0 Å². The zero-order valence-electron chi connectivity index (χ0n) is 11.7. The van der Waals surface area contributed by atoms with E-state index in [0.29, 0.717) is 0 Å². The molecule has 2 aromatic rings. The second-order valence-electron chi connectivity index (χ2n) is 5.56. The number of likely N-dealkylation sites (tertiary alicyclic amines) is 1. The molecule has 3 rings (SSSR count). The molecule has 0 aliphatic carbocycles. The van der Waals surface area contributed by atoms with Gasteiger partial charge in [0.15, 0.2) is 5.78 Å². The van der Waals surface area contributed by atoms with E-state index >= 15 is 0 Å². The third-order valence-corrected chi connectivity index (χ3v) is 4.28. The van der Waals surface area contributed by atoms with E-state index in [9.17, 15) is 9.90 Å². The highest BCUT2D eigenvalue weighted by molar-refractivity contribution is 6.10. The van der Waals surface area contributed by atoms with E-state index in [1.807, 2.05) is 37.4 Å². The van der Waals surface area contributed by atoms with E-state index in [1.165, 1.54) is 0 Å². The number of fused-ring (bicyclic) bond motifs is 1. The predicted molar refractivity (Wildman–Crippen MR) is 78.9 cm³/mol. The number of hydrogen-bond donors (Lipinski definition) is 2. The summed E-state index contributed by atoms with van der Waals surface area (Å²) in [4.78, 5) is 18.0. The number of carbonyl (C=O) groups is 1. The molecule has 0 saturated carbocycles. The van der Waals surface area contributed by atoms with E-state index in [-0.39, 0.29) is 17.9 Å². The second-order valence-corrected chi connectivity index (χ2v) is 5.56. The highest BCUT2D eigenvalue weighted by Crippen LogP contribution is 2.22. The standard InChI is InChI=1S/C16H20N2O2/c1-11(18-8-6-12(19)7-9-18)16(20)14-10-17-15-5-3-2-4-13(14)15/h2-5,10-12,17,19H,6-9H2,1H3/t11-/m1/s1. The Balaban J connectivity index is 1.81. The maximum absolute atomic E-state index is 12.7. The number of H-pyrrole nitrogens is 1. The van der Waals surface area contributed by atoms with Gasteiger partial charge < -0.3 is 10.1 Å². The summed E-state index contributed by atoms with van der Waals surface area (Å²) in [5.74, 6) is 0.152. The first-order valence-corrected chi connectivity index (χ1v) is 7.19. The van der Waals surface area contributed by atoms with Crippen LogP contribution in [0.5, 0.6) is 0 Å². The number of aromatic amines is 1. The minimum atomic E-state index is -0.207. The summed E-state index contributed by atoms with van der Waals surface area (Å²) < 4.78 is 0. The molecular weight excluding hydrogens is 252 g/mol. The van der Waals surface area contributed by atoms with Crippen LogP contribution in [0.15, 0.2) is 30.5 Å². The normalized spacial score (nSPS) is 19.3. The zero-order chi connectivity index (χ0) is 14.1. The molecule has 4 heteroatoms. The van der Waals surface area contributed by atoms with Crippen LogP contribution in [-0.4, -0.2) is 46.0 Å². The lowest BCUT2D eigenvalue weighted by Gasteiger charge is -2.33. The van der Waals surface area contributed by atoms with Gasteiger partial charge in [-0.05, 0) is 25.8 Å². The Bertz CT molecular complexity index is 612. The summed E-state index contributed by atoms with van der Waals surface area (Å²) in [6.45, 7) is 3.54. The molecule has 2 heterocycles. The first-order chi connectivity index (χ1) is 9.66. The van der Waals surface area contributed by atoms with Gasteiger partial charge >= 0.3 is 0 Å². The van der Waals surface area contributed by atoms with Crippen molar-refractivity contribution in [2.75, 3.05) is 13.1 Å². The number of aliphatic hydroxyl groups excluding tert-OH is 1. The highest BCUT2D eigenvalue weighted by Gasteiger charge is 2.27. The Hall–Kier alpha value is -1.65. The molecule has 1 aromatic carbocycles. The third-order valence-electron chi connectivity index (χ3n) is 4.28. The van der Waals surface area contributed by atoms with Crippen LogP contribution in [0.1, 0.15) is 30.1 Å². The van der Waals surface area contributed by atoms with Crippen molar-refractivity contribution in [2.45, 2.75) is 31.9 Å². The number of Topliss-reactive ketones (excluding diaryl/α,β-unsaturated/α-hetero) is 1. The quantitative estimate of drug-likeness (QED) is 0.842. The summed E-state index contributed by atoms with van der Waals surface area (Å²) in [6.07, 6.45) is 3.11. The molecule has 1 atom stereocenters. The summed E-state index contributed by atoms with van der Waals surface area (Å²) in [6, 6.07) is 7.73. The van der Waals surface area contributed by atoms with Gasteiger partial charge in [-0.25, -0.2) is 0 Å². The molecule has 0 amide bonds.